The minimum atomic E-state index is -0.271. The molecule has 0 radical (unpaired) electrons. The maximum atomic E-state index is 13.1. The van der Waals surface area contributed by atoms with Gasteiger partial charge in [-0.2, -0.15) is 0 Å². The number of hydrogen-bond acceptors (Lipinski definition) is 3. The Bertz CT molecular complexity index is 776. The van der Waals surface area contributed by atoms with Crippen molar-refractivity contribution >= 4 is 5.91 Å². The molecule has 1 aliphatic heterocycles. The van der Waals surface area contributed by atoms with Gasteiger partial charge in [0.2, 0.25) is 0 Å². The number of halogens is 1. The van der Waals surface area contributed by atoms with Gasteiger partial charge in [-0.05, 0) is 55.0 Å². The van der Waals surface area contributed by atoms with Gasteiger partial charge in [-0.1, -0.05) is 12.1 Å². The van der Waals surface area contributed by atoms with Crippen LogP contribution in [0.5, 0.6) is 0 Å². The van der Waals surface area contributed by atoms with Gasteiger partial charge in [-0.3, -0.25) is 9.78 Å². The maximum Gasteiger partial charge on any atom is 0.255 e. The van der Waals surface area contributed by atoms with Gasteiger partial charge in [0.25, 0.3) is 5.91 Å². The van der Waals surface area contributed by atoms with Crippen LogP contribution in [-0.2, 0) is 17.6 Å². The van der Waals surface area contributed by atoms with Crippen LogP contribution in [-0.4, -0.2) is 35.5 Å². The highest BCUT2D eigenvalue weighted by Crippen LogP contribution is 2.25. The second kappa shape index (κ2) is 6.92. The quantitative estimate of drug-likeness (QED) is 0.842. The lowest BCUT2D eigenvalue weighted by Gasteiger charge is -2.33. The highest BCUT2D eigenvalue weighted by molar-refractivity contribution is 5.94. The first-order valence-electron chi connectivity index (χ1n) is 8.85. The number of carbonyl (C=O) groups excluding carboxylic acids is 1. The zero-order valence-corrected chi connectivity index (χ0v) is 14.1. The molecule has 2 heterocycles. The first-order chi connectivity index (χ1) is 12.2. The van der Waals surface area contributed by atoms with Crippen LogP contribution in [0.4, 0.5) is 4.39 Å². The molecule has 4 rings (SSSR count). The fourth-order valence-electron chi connectivity index (χ4n) is 3.60. The van der Waals surface area contributed by atoms with E-state index in [4.69, 9.17) is 4.74 Å². The molecule has 130 valence electrons. The van der Waals surface area contributed by atoms with Gasteiger partial charge in [-0.25, -0.2) is 4.39 Å². The number of benzene rings is 1. The molecule has 0 spiro atoms. The van der Waals surface area contributed by atoms with E-state index in [-0.39, 0.29) is 17.8 Å². The van der Waals surface area contributed by atoms with E-state index in [0.717, 1.165) is 30.5 Å². The van der Waals surface area contributed by atoms with E-state index in [1.54, 1.807) is 18.3 Å². The zero-order chi connectivity index (χ0) is 17.2. The first-order valence-corrected chi connectivity index (χ1v) is 8.85. The van der Waals surface area contributed by atoms with Crippen LogP contribution in [0.1, 0.15) is 46.1 Å². The summed E-state index contributed by atoms with van der Waals surface area (Å²) in [5.41, 5.74) is 3.89. The Balaban J connectivity index is 1.51. The molecule has 1 aromatic heterocycles. The van der Waals surface area contributed by atoms with E-state index >= 15 is 0 Å². The van der Waals surface area contributed by atoms with Crippen molar-refractivity contribution < 1.29 is 13.9 Å². The molecule has 2 aromatic rings. The lowest BCUT2D eigenvalue weighted by Crippen LogP contribution is -2.42. The number of nitrogens with zero attached hydrogens (tertiary/aromatic N) is 2. The van der Waals surface area contributed by atoms with Crippen LogP contribution in [0, 0.1) is 5.82 Å². The van der Waals surface area contributed by atoms with Gasteiger partial charge >= 0.3 is 0 Å². The summed E-state index contributed by atoms with van der Waals surface area (Å²) in [6, 6.07) is 8.29. The molecule has 0 bridgehead atoms. The number of ether oxygens (including phenoxy) is 1. The van der Waals surface area contributed by atoms with Crippen molar-refractivity contribution in [2.75, 3.05) is 19.7 Å². The zero-order valence-electron chi connectivity index (χ0n) is 14.1. The molecule has 5 heteroatoms. The van der Waals surface area contributed by atoms with Gasteiger partial charge in [0.1, 0.15) is 11.9 Å². The summed E-state index contributed by atoms with van der Waals surface area (Å²) in [6.07, 6.45) is 5.84. The molecule has 1 aliphatic carbocycles. The normalized spacial score (nSPS) is 20.2. The van der Waals surface area contributed by atoms with E-state index in [1.807, 2.05) is 11.0 Å². The highest BCUT2D eigenvalue weighted by Gasteiger charge is 2.27. The maximum absolute atomic E-state index is 13.1. The third kappa shape index (κ3) is 3.42. The van der Waals surface area contributed by atoms with Crippen molar-refractivity contribution in [3.05, 3.63) is 64.7 Å². The minimum absolute atomic E-state index is 0.00344. The lowest BCUT2D eigenvalue weighted by atomic mass is 9.95. The number of aryl methyl sites for hydroxylation is 2. The van der Waals surface area contributed by atoms with Crippen LogP contribution in [0.3, 0.4) is 0 Å². The Labute approximate surface area is 146 Å². The fraction of sp³-hybridized carbons (Fsp3) is 0.400. The standard InChI is InChI=1S/C20H21FN2O2/c21-17-7-5-14(6-8-17)19-13-23(9-10-25-19)20(24)16-11-15-3-1-2-4-18(15)22-12-16/h5-8,11-12,19H,1-4,9-10,13H2/t19-/m0/s1. The minimum Gasteiger partial charge on any atom is -0.370 e. The number of rotatable bonds is 2. The molecule has 1 saturated heterocycles. The number of amides is 1. The Kier molecular flexibility index (Phi) is 4.49. The first kappa shape index (κ1) is 16.2. The summed E-state index contributed by atoms with van der Waals surface area (Å²) in [6.45, 7) is 1.52. The molecule has 4 nitrogen and oxygen atoms in total. The number of carbonyl (C=O) groups is 1. The molecule has 1 fully saturated rings. The third-order valence-electron chi connectivity index (χ3n) is 5.01. The van der Waals surface area contributed by atoms with Gasteiger partial charge < -0.3 is 9.64 Å². The van der Waals surface area contributed by atoms with E-state index in [0.29, 0.717) is 25.3 Å². The summed E-state index contributed by atoms with van der Waals surface area (Å²) in [5.74, 6) is -0.274. The van der Waals surface area contributed by atoms with Crippen LogP contribution in [0.25, 0.3) is 0 Å². The van der Waals surface area contributed by atoms with Crippen LogP contribution in [0.15, 0.2) is 36.5 Å². The number of aromatic nitrogens is 1. The summed E-state index contributed by atoms with van der Waals surface area (Å²) >= 11 is 0. The van der Waals surface area contributed by atoms with Crippen molar-refractivity contribution in [3.8, 4) is 0 Å². The predicted molar refractivity (Wildman–Crippen MR) is 91.9 cm³/mol. The molecule has 25 heavy (non-hydrogen) atoms. The van der Waals surface area contributed by atoms with Gasteiger partial charge in [0, 0.05) is 18.4 Å². The number of hydrogen-bond donors (Lipinski definition) is 0. The average molecular weight is 340 g/mol. The highest BCUT2D eigenvalue weighted by atomic mass is 19.1. The molecular formula is C20H21FN2O2. The van der Waals surface area contributed by atoms with Gasteiger partial charge in [0.15, 0.2) is 0 Å². The molecule has 1 atom stereocenters. The van der Waals surface area contributed by atoms with Crippen molar-refractivity contribution in [3.63, 3.8) is 0 Å². The van der Waals surface area contributed by atoms with Crippen molar-refractivity contribution in [2.24, 2.45) is 0 Å². The molecule has 1 amide bonds. The van der Waals surface area contributed by atoms with Crippen molar-refractivity contribution in [1.82, 2.24) is 9.88 Å². The SMILES string of the molecule is O=C(c1cnc2c(c1)CCCC2)N1CCO[C@H](c2ccc(F)cc2)C1. The summed E-state index contributed by atoms with van der Waals surface area (Å²) in [4.78, 5) is 19.2. The largest absolute Gasteiger partial charge is 0.370 e. The Morgan fingerprint density at radius 3 is 2.84 bits per heavy atom. The van der Waals surface area contributed by atoms with Gasteiger partial charge in [-0.15, -0.1) is 0 Å². The summed E-state index contributed by atoms with van der Waals surface area (Å²) < 4.78 is 18.9. The monoisotopic (exact) mass is 340 g/mol. The fourth-order valence-corrected chi connectivity index (χ4v) is 3.60. The second-order valence-electron chi connectivity index (χ2n) is 6.70. The van der Waals surface area contributed by atoms with Crippen molar-refractivity contribution in [1.29, 1.82) is 0 Å². The predicted octanol–water partition coefficient (Wildman–Crippen LogP) is 3.31. The van der Waals surface area contributed by atoms with E-state index in [9.17, 15) is 9.18 Å². The van der Waals surface area contributed by atoms with E-state index < -0.39 is 0 Å². The second-order valence-corrected chi connectivity index (χ2v) is 6.70. The molecular weight excluding hydrogens is 319 g/mol. The summed E-state index contributed by atoms with van der Waals surface area (Å²) in [7, 11) is 0. The Morgan fingerprint density at radius 2 is 2.00 bits per heavy atom. The van der Waals surface area contributed by atoms with E-state index in [1.165, 1.54) is 24.1 Å². The molecule has 0 N–H and O–H groups in total. The Hall–Kier alpha value is -2.27. The number of morpholine rings is 1. The van der Waals surface area contributed by atoms with Gasteiger partial charge in [0.05, 0.1) is 18.7 Å². The van der Waals surface area contributed by atoms with Crippen LogP contribution >= 0.6 is 0 Å². The molecule has 0 saturated carbocycles. The Morgan fingerprint density at radius 1 is 1.20 bits per heavy atom. The molecule has 0 unspecified atom stereocenters. The third-order valence-corrected chi connectivity index (χ3v) is 5.01. The van der Waals surface area contributed by atoms with Crippen LogP contribution < -0.4 is 0 Å². The summed E-state index contributed by atoms with van der Waals surface area (Å²) in [5, 5.41) is 0. The number of pyridine rings is 1. The topological polar surface area (TPSA) is 42.4 Å². The lowest BCUT2D eigenvalue weighted by molar-refractivity contribution is -0.0228. The average Bonchev–Trinajstić information content (AvgIpc) is 2.68. The van der Waals surface area contributed by atoms with Crippen molar-refractivity contribution in [2.45, 2.75) is 31.8 Å². The number of fused-ring (bicyclic) bond motifs is 1. The molecule has 1 aromatic carbocycles. The smallest absolute Gasteiger partial charge is 0.255 e. The molecule has 2 aliphatic rings. The van der Waals surface area contributed by atoms with Crippen LogP contribution in [0.2, 0.25) is 0 Å². The van der Waals surface area contributed by atoms with E-state index in [2.05, 4.69) is 4.98 Å².